The smallest absolute Gasteiger partial charge is 0.239 e. The Kier molecular flexibility index (Phi) is 5.92. The molecule has 5 nitrogen and oxygen atoms in total. The minimum atomic E-state index is -3.68. The summed E-state index contributed by atoms with van der Waals surface area (Å²) in [5.41, 5.74) is 2.79. The minimum Gasteiger partial charge on any atom is -0.325 e. The minimum absolute atomic E-state index is 0.203. The second-order valence-electron chi connectivity index (χ2n) is 6.05. The first-order valence-corrected chi connectivity index (χ1v) is 9.56. The summed E-state index contributed by atoms with van der Waals surface area (Å²) in [5.74, 6) is -0.988. The predicted molar refractivity (Wildman–Crippen MR) is 96.2 cm³/mol. The van der Waals surface area contributed by atoms with Crippen molar-refractivity contribution in [2.24, 2.45) is 0 Å². The van der Waals surface area contributed by atoms with Crippen molar-refractivity contribution in [1.29, 1.82) is 0 Å². The fourth-order valence-electron chi connectivity index (χ4n) is 2.51. The Balaban J connectivity index is 2.14. The number of halogens is 1. The molecule has 134 valence electrons. The van der Waals surface area contributed by atoms with Gasteiger partial charge < -0.3 is 5.32 Å². The van der Waals surface area contributed by atoms with E-state index in [0.29, 0.717) is 5.69 Å². The summed E-state index contributed by atoms with van der Waals surface area (Å²) in [6.07, 6.45) is 0.998. The Labute approximate surface area is 147 Å². The topological polar surface area (TPSA) is 66.5 Å². The third kappa shape index (κ3) is 5.65. The number of rotatable bonds is 6. The van der Waals surface area contributed by atoms with Gasteiger partial charge in [-0.2, -0.15) is 4.31 Å². The molecular formula is C18H21FN2O3S. The predicted octanol–water partition coefficient (Wildman–Crippen LogP) is 2.84. The molecule has 0 unspecified atom stereocenters. The second-order valence-corrected chi connectivity index (χ2v) is 8.03. The van der Waals surface area contributed by atoms with Crippen molar-refractivity contribution < 1.29 is 17.6 Å². The van der Waals surface area contributed by atoms with Crippen molar-refractivity contribution in [1.82, 2.24) is 4.31 Å². The highest BCUT2D eigenvalue weighted by Crippen LogP contribution is 2.15. The summed E-state index contributed by atoms with van der Waals surface area (Å²) in [5, 5.41) is 2.69. The van der Waals surface area contributed by atoms with E-state index in [1.54, 1.807) is 18.2 Å². The number of nitrogens with one attached hydrogen (secondary N) is 1. The maximum atomic E-state index is 13.8. The summed E-state index contributed by atoms with van der Waals surface area (Å²) < 4.78 is 38.7. The molecule has 0 saturated heterocycles. The lowest BCUT2D eigenvalue weighted by Gasteiger charge is -2.20. The number of hydrogen-bond acceptors (Lipinski definition) is 3. The molecule has 0 atom stereocenters. The average molecular weight is 364 g/mol. The van der Waals surface area contributed by atoms with Crippen LogP contribution in [-0.2, 0) is 21.4 Å². The number of benzene rings is 2. The van der Waals surface area contributed by atoms with Gasteiger partial charge in [-0.1, -0.05) is 24.3 Å². The second kappa shape index (κ2) is 7.76. The summed E-state index contributed by atoms with van der Waals surface area (Å²) >= 11 is 0. The molecule has 0 heterocycles. The van der Waals surface area contributed by atoms with Gasteiger partial charge >= 0.3 is 0 Å². The Morgan fingerprint density at radius 2 is 1.72 bits per heavy atom. The van der Waals surface area contributed by atoms with E-state index in [2.05, 4.69) is 5.32 Å². The van der Waals surface area contributed by atoms with Crippen LogP contribution in [0.2, 0.25) is 0 Å². The summed E-state index contributed by atoms with van der Waals surface area (Å²) in [6.45, 7) is 3.22. The third-order valence-corrected chi connectivity index (χ3v) is 4.80. The first kappa shape index (κ1) is 19.1. The zero-order chi connectivity index (χ0) is 18.6. The molecule has 0 aliphatic carbocycles. The molecule has 0 radical (unpaired) electrons. The van der Waals surface area contributed by atoms with Crippen LogP contribution >= 0.6 is 0 Å². The fourth-order valence-corrected chi connectivity index (χ4v) is 3.24. The quantitative estimate of drug-likeness (QED) is 0.857. The van der Waals surface area contributed by atoms with Gasteiger partial charge in [-0.15, -0.1) is 0 Å². The van der Waals surface area contributed by atoms with Crippen LogP contribution in [0.25, 0.3) is 0 Å². The van der Waals surface area contributed by atoms with Crippen molar-refractivity contribution in [3.63, 3.8) is 0 Å². The van der Waals surface area contributed by atoms with Crippen LogP contribution < -0.4 is 5.32 Å². The number of amides is 1. The molecule has 1 amide bonds. The van der Waals surface area contributed by atoms with Gasteiger partial charge in [0, 0.05) is 17.8 Å². The maximum absolute atomic E-state index is 13.8. The zero-order valence-corrected chi connectivity index (χ0v) is 15.2. The van der Waals surface area contributed by atoms with Crippen molar-refractivity contribution in [3.8, 4) is 0 Å². The van der Waals surface area contributed by atoms with Crippen molar-refractivity contribution >= 4 is 21.6 Å². The highest BCUT2D eigenvalue weighted by atomic mass is 32.2. The number of nitrogens with zero attached hydrogens (tertiary/aromatic N) is 1. The first-order chi connectivity index (χ1) is 11.6. The van der Waals surface area contributed by atoms with Crippen LogP contribution in [0.4, 0.5) is 10.1 Å². The van der Waals surface area contributed by atoms with Gasteiger partial charge in [0.1, 0.15) is 5.82 Å². The molecule has 0 fully saturated rings. The molecule has 2 aromatic carbocycles. The zero-order valence-electron chi connectivity index (χ0n) is 14.4. The highest BCUT2D eigenvalue weighted by Gasteiger charge is 2.22. The van der Waals surface area contributed by atoms with E-state index in [9.17, 15) is 17.6 Å². The Morgan fingerprint density at radius 1 is 1.12 bits per heavy atom. The lowest BCUT2D eigenvalue weighted by atomic mass is 10.1. The Morgan fingerprint density at radius 3 is 2.28 bits per heavy atom. The molecule has 2 rings (SSSR count). The summed E-state index contributed by atoms with van der Waals surface area (Å²) in [4.78, 5) is 12.3. The van der Waals surface area contributed by atoms with Crippen LogP contribution in [0.3, 0.4) is 0 Å². The van der Waals surface area contributed by atoms with Crippen molar-refractivity contribution in [3.05, 3.63) is 65.0 Å². The molecule has 1 N–H and O–H groups in total. The van der Waals surface area contributed by atoms with Gasteiger partial charge in [0.05, 0.1) is 12.8 Å². The standard InChI is InChI=1S/C18H21FN2O3S/c1-13-8-14(2)10-16(9-13)20-18(22)12-21(25(3,23)24)11-15-6-4-5-7-17(15)19/h4-10H,11-12H2,1-3H3,(H,20,22). The fraction of sp³-hybridized carbons (Fsp3) is 0.278. The van der Waals surface area contributed by atoms with E-state index in [1.165, 1.54) is 18.2 Å². The van der Waals surface area contributed by atoms with Gasteiger partial charge in [-0.05, 0) is 43.2 Å². The van der Waals surface area contributed by atoms with Crippen LogP contribution in [0.15, 0.2) is 42.5 Å². The molecule has 25 heavy (non-hydrogen) atoms. The largest absolute Gasteiger partial charge is 0.325 e. The normalized spacial score (nSPS) is 11.6. The number of carbonyl (C=O) groups excluding carboxylic acids is 1. The molecule has 0 saturated carbocycles. The molecule has 7 heteroatoms. The monoisotopic (exact) mass is 364 g/mol. The van der Waals surface area contributed by atoms with Crippen LogP contribution in [-0.4, -0.2) is 31.4 Å². The molecule has 0 aliphatic rings. The van der Waals surface area contributed by atoms with E-state index < -0.39 is 21.7 Å². The van der Waals surface area contributed by atoms with Gasteiger partial charge in [0.2, 0.25) is 15.9 Å². The molecule has 0 spiro atoms. The molecule has 2 aromatic rings. The van der Waals surface area contributed by atoms with E-state index in [1.807, 2.05) is 19.9 Å². The van der Waals surface area contributed by atoms with E-state index >= 15 is 0 Å². The van der Waals surface area contributed by atoms with E-state index in [0.717, 1.165) is 21.7 Å². The SMILES string of the molecule is Cc1cc(C)cc(NC(=O)CN(Cc2ccccc2F)S(C)(=O)=O)c1. The number of hydrogen-bond donors (Lipinski definition) is 1. The molecule has 0 aromatic heterocycles. The Bertz CT molecular complexity index is 861. The van der Waals surface area contributed by atoms with Gasteiger partial charge in [-0.25, -0.2) is 12.8 Å². The van der Waals surface area contributed by atoms with Crippen molar-refractivity contribution in [2.45, 2.75) is 20.4 Å². The summed E-state index contributed by atoms with van der Waals surface area (Å²) in [7, 11) is -3.68. The molecular weight excluding hydrogens is 343 g/mol. The summed E-state index contributed by atoms with van der Waals surface area (Å²) in [6, 6.07) is 11.5. The molecule has 0 bridgehead atoms. The van der Waals surface area contributed by atoms with Crippen LogP contribution in [0.5, 0.6) is 0 Å². The Hall–Kier alpha value is -2.25. The van der Waals surface area contributed by atoms with Crippen LogP contribution in [0, 0.1) is 19.7 Å². The number of anilines is 1. The third-order valence-electron chi connectivity index (χ3n) is 3.60. The van der Waals surface area contributed by atoms with Gasteiger partial charge in [0.25, 0.3) is 0 Å². The van der Waals surface area contributed by atoms with E-state index in [4.69, 9.17) is 0 Å². The number of aryl methyl sites for hydroxylation is 2. The average Bonchev–Trinajstić information content (AvgIpc) is 2.46. The lowest BCUT2D eigenvalue weighted by Crippen LogP contribution is -2.37. The maximum Gasteiger partial charge on any atom is 0.239 e. The van der Waals surface area contributed by atoms with E-state index in [-0.39, 0.29) is 18.7 Å². The highest BCUT2D eigenvalue weighted by molar-refractivity contribution is 7.88. The van der Waals surface area contributed by atoms with Crippen molar-refractivity contribution in [2.75, 3.05) is 18.1 Å². The molecule has 0 aliphatic heterocycles. The van der Waals surface area contributed by atoms with Crippen LogP contribution in [0.1, 0.15) is 16.7 Å². The number of sulfonamides is 1. The van der Waals surface area contributed by atoms with Gasteiger partial charge in [-0.3, -0.25) is 4.79 Å². The first-order valence-electron chi connectivity index (χ1n) is 7.72. The number of carbonyl (C=O) groups is 1. The van der Waals surface area contributed by atoms with Gasteiger partial charge in [0.15, 0.2) is 0 Å². The lowest BCUT2D eigenvalue weighted by molar-refractivity contribution is -0.116.